The Balaban J connectivity index is 2.66. The molecule has 0 aliphatic rings. The van der Waals surface area contributed by atoms with Gasteiger partial charge in [-0.2, -0.15) is 0 Å². The zero-order valence-electron chi connectivity index (χ0n) is 9.55. The van der Waals surface area contributed by atoms with E-state index in [1.54, 1.807) is 0 Å². The molecular formula is C12H20N2O. The second-order valence-corrected chi connectivity index (χ2v) is 3.57. The van der Waals surface area contributed by atoms with E-state index in [-0.39, 0.29) is 0 Å². The SMILES string of the molecule is CCCNc1cc(N)cc(OCCC)c1. The molecule has 0 saturated carbocycles. The third-order valence-electron chi connectivity index (χ3n) is 1.98. The molecule has 0 spiro atoms. The molecule has 0 aliphatic heterocycles. The summed E-state index contributed by atoms with van der Waals surface area (Å²) >= 11 is 0. The van der Waals surface area contributed by atoms with Crippen LogP contribution in [0.15, 0.2) is 18.2 Å². The fraction of sp³-hybridized carbons (Fsp3) is 0.500. The van der Waals surface area contributed by atoms with E-state index in [1.165, 1.54) is 0 Å². The molecule has 0 atom stereocenters. The van der Waals surface area contributed by atoms with Gasteiger partial charge in [0.2, 0.25) is 0 Å². The van der Waals surface area contributed by atoms with Gasteiger partial charge in [0, 0.05) is 30.1 Å². The van der Waals surface area contributed by atoms with Gasteiger partial charge in [-0.1, -0.05) is 13.8 Å². The van der Waals surface area contributed by atoms with E-state index in [4.69, 9.17) is 10.5 Å². The monoisotopic (exact) mass is 208 g/mol. The molecule has 0 bridgehead atoms. The van der Waals surface area contributed by atoms with Crippen molar-refractivity contribution in [3.8, 4) is 5.75 Å². The van der Waals surface area contributed by atoms with Crippen molar-refractivity contribution in [3.05, 3.63) is 18.2 Å². The molecular weight excluding hydrogens is 188 g/mol. The maximum atomic E-state index is 5.78. The van der Waals surface area contributed by atoms with Gasteiger partial charge in [-0.05, 0) is 18.9 Å². The minimum absolute atomic E-state index is 0.733. The first-order valence-corrected chi connectivity index (χ1v) is 5.53. The summed E-state index contributed by atoms with van der Waals surface area (Å²) in [6, 6.07) is 5.77. The van der Waals surface area contributed by atoms with Crippen LogP contribution >= 0.6 is 0 Å². The third kappa shape index (κ3) is 4.11. The van der Waals surface area contributed by atoms with Gasteiger partial charge in [0.25, 0.3) is 0 Å². The number of nitrogens with one attached hydrogen (secondary N) is 1. The molecule has 1 aromatic rings. The molecule has 15 heavy (non-hydrogen) atoms. The summed E-state index contributed by atoms with van der Waals surface area (Å²) in [6.07, 6.45) is 2.10. The van der Waals surface area contributed by atoms with E-state index < -0.39 is 0 Å². The minimum atomic E-state index is 0.733. The normalized spacial score (nSPS) is 10.0. The van der Waals surface area contributed by atoms with E-state index in [9.17, 15) is 0 Å². The zero-order chi connectivity index (χ0) is 11.1. The van der Waals surface area contributed by atoms with Crippen LogP contribution in [-0.4, -0.2) is 13.2 Å². The van der Waals surface area contributed by atoms with E-state index in [1.807, 2.05) is 18.2 Å². The van der Waals surface area contributed by atoms with Gasteiger partial charge < -0.3 is 15.8 Å². The van der Waals surface area contributed by atoms with Crippen LogP contribution in [0.4, 0.5) is 11.4 Å². The molecule has 84 valence electrons. The molecule has 3 heteroatoms. The molecule has 0 saturated heterocycles. The smallest absolute Gasteiger partial charge is 0.123 e. The van der Waals surface area contributed by atoms with E-state index >= 15 is 0 Å². The topological polar surface area (TPSA) is 47.3 Å². The van der Waals surface area contributed by atoms with Crippen LogP contribution in [0.2, 0.25) is 0 Å². The Hall–Kier alpha value is -1.38. The number of rotatable bonds is 6. The van der Waals surface area contributed by atoms with Crippen LogP contribution in [0, 0.1) is 0 Å². The number of hydrogen-bond acceptors (Lipinski definition) is 3. The lowest BCUT2D eigenvalue weighted by atomic mass is 10.2. The highest BCUT2D eigenvalue weighted by molar-refractivity contribution is 5.59. The van der Waals surface area contributed by atoms with Crippen molar-refractivity contribution >= 4 is 11.4 Å². The molecule has 0 fully saturated rings. The van der Waals surface area contributed by atoms with Crippen molar-refractivity contribution in [3.63, 3.8) is 0 Å². The quantitative estimate of drug-likeness (QED) is 0.707. The molecule has 3 N–H and O–H groups in total. The number of hydrogen-bond donors (Lipinski definition) is 2. The fourth-order valence-electron chi connectivity index (χ4n) is 1.30. The molecule has 3 nitrogen and oxygen atoms in total. The Labute approximate surface area is 91.6 Å². The largest absolute Gasteiger partial charge is 0.493 e. The summed E-state index contributed by atoms with van der Waals surface area (Å²) in [4.78, 5) is 0. The summed E-state index contributed by atoms with van der Waals surface area (Å²) < 4.78 is 5.54. The van der Waals surface area contributed by atoms with Crippen molar-refractivity contribution in [2.24, 2.45) is 0 Å². The second-order valence-electron chi connectivity index (χ2n) is 3.57. The number of nitrogen functional groups attached to an aromatic ring is 1. The van der Waals surface area contributed by atoms with E-state index in [2.05, 4.69) is 19.2 Å². The molecule has 0 amide bonds. The maximum absolute atomic E-state index is 5.78. The van der Waals surface area contributed by atoms with Crippen LogP contribution in [0.3, 0.4) is 0 Å². The summed E-state index contributed by atoms with van der Waals surface area (Å²) in [5.74, 6) is 0.843. The van der Waals surface area contributed by atoms with Crippen LogP contribution < -0.4 is 15.8 Å². The van der Waals surface area contributed by atoms with Gasteiger partial charge in [-0.3, -0.25) is 0 Å². The van der Waals surface area contributed by atoms with Crippen LogP contribution in [0.25, 0.3) is 0 Å². The van der Waals surface area contributed by atoms with Crippen LogP contribution in [0.5, 0.6) is 5.75 Å². The van der Waals surface area contributed by atoms with Gasteiger partial charge >= 0.3 is 0 Å². The Morgan fingerprint density at radius 2 is 2.00 bits per heavy atom. The summed E-state index contributed by atoms with van der Waals surface area (Å²) in [5, 5.41) is 3.29. The molecule has 0 unspecified atom stereocenters. The predicted octanol–water partition coefficient (Wildman–Crippen LogP) is 2.88. The van der Waals surface area contributed by atoms with Crippen molar-refractivity contribution in [1.29, 1.82) is 0 Å². The van der Waals surface area contributed by atoms with Gasteiger partial charge in [0.15, 0.2) is 0 Å². The van der Waals surface area contributed by atoms with Gasteiger partial charge in [-0.15, -0.1) is 0 Å². The summed E-state index contributed by atoms with van der Waals surface area (Å²) in [5.41, 5.74) is 7.55. The molecule has 0 radical (unpaired) electrons. The highest BCUT2D eigenvalue weighted by Crippen LogP contribution is 2.22. The number of benzene rings is 1. The van der Waals surface area contributed by atoms with E-state index in [0.29, 0.717) is 0 Å². The summed E-state index contributed by atoms with van der Waals surface area (Å²) in [7, 11) is 0. The highest BCUT2D eigenvalue weighted by atomic mass is 16.5. The Kier molecular flexibility index (Phi) is 4.81. The van der Waals surface area contributed by atoms with E-state index in [0.717, 1.165) is 43.1 Å². The standard InChI is InChI=1S/C12H20N2O/c1-3-5-14-11-7-10(13)8-12(9-11)15-6-4-2/h7-9,14H,3-6,13H2,1-2H3. The van der Waals surface area contributed by atoms with Gasteiger partial charge in [0.1, 0.15) is 5.75 Å². The van der Waals surface area contributed by atoms with Crippen LogP contribution in [0.1, 0.15) is 26.7 Å². The van der Waals surface area contributed by atoms with Crippen molar-refractivity contribution in [2.45, 2.75) is 26.7 Å². The number of ether oxygens (including phenoxy) is 1. The molecule has 1 rings (SSSR count). The van der Waals surface area contributed by atoms with Crippen molar-refractivity contribution in [2.75, 3.05) is 24.2 Å². The van der Waals surface area contributed by atoms with Crippen molar-refractivity contribution in [1.82, 2.24) is 0 Å². The molecule has 0 heterocycles. The minimum Gasteiger partial charge on any atom is -0.493 e. The average molecular weight is 208 g/mol. The Bertz CT molecular complexity index is 273. The fourth-order valence-corrected chi connectivity index (χ4v) is 1.30. The molecule has 1 aromatic carbocycles. The predicted molar refractivity (Wildman–Crippen MR) is 65.4 cm³/mol. The number of anilines is 2. The average Bonchev–Trinajstić information content (AvgIpc) is 2.23. The Morgan fingerprint density at radius 1 is 1.20 bits per heavy atom. The highest BCUT2D eigenvalue weighted by Gasteiger charge is 1.99. The lowest BCUT2D eigenvalue weighted by Gasteiger charge is -2.10. The zero-order valence-corrected chi connectivity index (χ0v) is 9.55. The Morgan fingerprint density at radius 3 is 2.67 bits per heavy atom. The number of nitrogens with two attached hydrogens (primary N) is 1. The third-order valence-corrected chi connectivity index (χ3v) is 1.98. The van der Waals surface area contributed by atoms with Crippen molar-refractivity contribution < 1.29 is 4.74 Å². The summed E-state index contributed by atoms with van der Waals surface area (Å²) in [6.45, 7) is 5.91. The lowest BCUT2D eigenvalue weighted by molar-refractivity contribution is 0.318. The lowest BCUT2D eigenvalue weighted by Crippen LogP contribution is -2.02. The molecule has 0 aliphatic carbocycles. The van der Waals surface area contributed by atoms with Gasteiger partial charge in [0.05, 0.1) is 6.61 Å². The van der Waals surface area contributed by atoms with Gasteiger partial charge in [-0.25, -0.2) is 0 Å². The first-order valence-electron chi connectivity index (χ1n) is 5.53. The molecule has 0 aromatic heterocycles. The first kappa shape index (κ1) is 11.7. The second kappa shape index (κ2) is 6.17. The first-order chi connectivity index (χ1) is 7.26. The maximum Gasteiger partial charge on any atom is 0.123 e. The van der Waals surface area contributed by atoms with Crippen LogP contribution in [-0.2, 0) is 0 Å².